The second kappa shape index (κ2) is 9.58. The molecule has 1 aliphatic heterocycles. The van der Waals surface area contributed by atoms with Gasteiger partial charge in [0.1, 0.15) is 28.8 Å². The van der Waals surface area contributed by atoms with Crippen molar-refractivity contribution in [1.82, 2.24) is 9.97 Å². The van der Waals surface area contributed by atoms with E-state index in [2.05, 4.69) is 9.97 Å². The molecule has 0 radical (unpaired) electrons. The van der Waals surface area contributed by atoms with Crippen LogP contribution in [0.25, 0.3) is 16.8 Å². The molecule has 6 nitrogen and oxygen atoms in total. The molecule has 0 amide bonds. The van der Waals surface area contributed by atoms with Gasteiger partial charge < -0.3 is 19.2 Å². The van der Waals surface area contributed by atoms with Gasteiger partial charge in [-0.2, -0.15) is 13.2 Å². The van der Waals surface area contributed by atoms with Crippen LogP contribution in [0.15, 0.2) is 48.5 Å². The van der Waals surface area contributed by atoms with Gasteiger partial charge in [0.05, 0.1) is 32.3 Å². The Balaban J connectivity index is 1.60. The second-order valence-electron chi connectivity index (χ2n) is 9.57. The first kappa shape index (κ1) is 26.0. The van der Waals surface area contributed by atoms with E-state index in [1.54, 1.807) is 24.3 Å². The van der Waals surface area contributed by atoms with E-state index in [-0.39, 0.29) is 29.7 Å². The lowest BCUT2D eigenvalue weighted by atomic mass is 9.79. The molecule has 0 saturated heterocycles. The van der Waals surface area contributed by atoms with Gasteiger partial charge >= 0.3 is 12.1 Å². The van der Waals surface area contributed by atoms with Crippen molar-refractivity contribution in [2.75, 3.05) is 20.8 Å². The highest BCUT2D eigenvalue weighted by atomic mass is 19.4. The summed E-state index contributed by atoms with van der Waals surface area (Å²) in [7, 11) is 2.81. The maximum absolute atomic E-state index is 13.7. The Labute approximate surface area is 216 Å². The number of alkyl halides is 3. The number of rotatable bonds is 5. The van der Waals surface area contributed by atoms with Crippen LogP contribution in [0.3, 0.4) is 0 Å². The largest absolute Gasteiger partial charge is 0.496 e. The zero-order valence-corrected chi connectivity index (χ0v) is 21.0. The molecule has 3 atom stereocenters. The van der Waals surface area contributed by atoms with E-state index in [1.165, 1.54) is 39.3 Å². The van der Waals surface area contributed by atoms with Gasteiger partial charge in [-0.1, -0.05) is 12.1 Å². The lowest BCUT2D eigenvalue weighted by molar-refractivity contribution is -0.146. The third kappa shape index (κ3) is 4.47. The van der Waals surface area contributed by atoms with Crippen LogP contribution in [0.5, 0.6) is 5.75 Å². The Morgan fingerprint density at radius 1 is 1.16 bits per heavy atom. The predicted molar refractivity (Wildman–Crippen MR) is 131 cm³/mol. The summed E-state index contributed by atoms with van der Waals surface area (Å²) in [6.07, 6.45) is -1.67. The minimum atomic E-state index is -4.61. The summed E-state index contributed by atoms with van der Waals surface area (Å²) in [4.78, 5) is 19.1. The van der Waals surface area contributed by atoms with Crippen molar-refractivity contribution >= 4 is 11.5 Å². The molecule has 2 aliphatic rings. The van der Waals surface area contributed by atoms with Crippen LogP contribution in [-0.4, -0.2) is 42.4 Å². The summed E-state index contributed by atoms with van der Waals surface area (Å²) in [5.74, 6) is -1.11. The third-order valence-corrected chi connectivity index (χ3v) is 7.35. The first-order valence-corrected chi connectivity index (χ1v) is 12.1. The van der Waals surface area contributed by atoms with Crippen LogP contribution in [0.4, 0.5) is 17.6 Å². The van der Waals surface area contributed by atoms with E-state index in [4.69, 9.17) is 14.2 Å². The third-order valence-electron chi connectivity index (χ3n) is 7.35. The summed E-state index contributed by atoms with van der Waals surface area (Å²) in [5, 5.41) is 0. The zero-order chi connectivity index (χ0) is 27.2. The van der Waals surface area contributed by atoms with Gasteiger partial charge in [0.15, 0.2) is 0 Å². The molecule has 1 aliphatic carbocycles. The number of aryl methyl sites for hydroxylation is 1. The fourth-order valence-electron chi connectivity index (χ4n) is 5.72. The van der Waals surface area contributed by atoms with Gasteiger partial charge in [-0.3, -0.25) is 4.79 Å². The molecule has 5 rings (SSSR count). The summed E-state index contributed by atoms with van der Waals surface area (Å²) < 4.78 is 71.6. The topological polar surface area (TPSA) is 73.4 Å². The fraction of sp³-hybridized carbons (Fsp3) is 0.357. The minimum Gasteiger partial charge on any atom is -0.496 e. The summed E-state index contributed by atoms with van der Waals surface area (Å²) >= 11 is 0. The molecule has 200 valence electrons. The quantitative estimate of drug-likeness (QED) is 0.320. The van der Waals surface area contributed by atoms with Crippen LogP contribution in [0, 0.1) is 18.7 Å². The number of nitrogens with zero attached hydrogens (tertiary/aromatic N) is 1. The number of imidazole rings is 1. The molecule has 1 aromatic heterocycles. The van der Waals surface area contributed by atoms with Crippen molar-refractivity contribution in [3.05, 3.63) is 77.0 Å². The smallest absolute Gasteiger partial charge is 0.433 e. The highest BCUT2D eigenvalue weighted by Gasteiger charge is 2.54. The number of hydrogen-bond donors (Lipinski definition) is 1. The van der Waals surface area contributed by atoms with Gasteiger partial charge in [0.25, 0.3) is 0 Å². The summed E-state index contributed by atoms with van der Waals surface area (Å²) in [5.41, 5.74) is 0.272. The normalized spacial score (nSPS) is 23.1. The molecule has 38 heavy (non-hydrogen) atoms. The lowest BCUT2D eigenvalue weighted by Gasteiger charge is -2.31. The van der Waals surface area contributed by atoms with Crippen LogP contribution in [0.1, 0.15) is 41.4 Å². The first-order chi connectivity index (χ1) is 18.1. The zero-order valence-electron chi connectivity index (χ0n) is 21.0. The number of carbonyl (C=O) groups is 1. The van der Waals surface area contributed by atoms with Gasteiger partial charge in [0, 0.05) is 17.0 Å². The van der Waals surface area contributed by atoms with Crippen molar-refractivity contribution < 1.29 is 36.6 Å². The SMILES string of the molecule is COC(=O)C1CCC2(C=C(c3cc(-c4nc(C)[nH]c4C(F)(F)F)ccc3OC)CO2)C1c1ccc(F)cc1. The number of aromatic nitrogens is 2. The fourth-order valence-corrected chi connectivity index (χ4v) is 5.72. The van der Waals surface area contributed by atoms with Crippen LogP contribution in [0.2, 0.25) is 0 Å². The molecule has 10 heteroatoms. The van der Waals surface area contributed by atoms with Crippen molar-refractivity contribution in [3.8, 4) is 17.0 Å². The number of nitrogens with one attached hydrogen (secondary N) is 1. The number of benzene rings is 2. The molecule has 0 bridgehead atoms. The van der Waals surface area contributed by atoms with Crippen LogP contribution < -0.4 is 4.74 Å². The van der Waals surface area contributed by atoms with E-state index in [1.807, 2.05) is 6.08 Å². The number of ether oxygens (including phenoxy) is 3. The molecule has 1 N–H and O–H groups in total. The van der Waals surface area contributed by atoms with E-state index in [0.717, 1.165) is 5.56 Å². The molecule has 2 aromatic carbocycles. The van der Waals surface area contributed by atoms with E-state index < -0.39 is 35.1 Å². The first-order valence-electron chi connectivity index (χ1n) is 12.1. The molecular formula is C28H26F4N2O4. The Kier molecular flexibility index (Phi) is 6.54. The van der Waals surface area contributed by atoms with E-state index in [0.29, 0.717) is 29.7 Å². The number of esters is 1. The van der Waals surface area contributed by atoms with E-state index in [9.17, 15) is 22.4 Å². The number of carbonyl (C=O) groups excluding carboxylic acids is 1. The van der Waals surface area contributed by atoms with Gasteiger partial charge in [-0.15, -0.1) is 0 Å². The number of hydrogen-bond acceptors (Lipinski definition) is 5. The standard InChI is InChI=1S/C28H26F4N2O4/c1-15-33-24(25(34-15)28(30,31)32)17-6-9-22(36-2)21(12-17)18-13-27(38-14-18)11-10-20(26(35)37-3)23(27)16-4-7-19(29)8-5-16/h4-9,12-13,20,23H,10-11,14H2,1-3H3,(H,33,34). The second-order valence-corrected chi connectivity index (χ2v) is 9.57. The predicted octanol–water partition coefficient (Wildman–Crippen LogP) is 6.07. The highest BCUT2D eigenvalue weighted by molar-refractivity contribution is 5.80. The van der Waals surface area contributed by atoms with Gasteiger partial charge in [0.2, 0.25) is 0 Å². The van der Waals surface area contributed by atoms with Crippen molar-refractivity contribution in [2.24, 2.45) is 5.92 Å². The van der Waals surface area contributed by atoms with Crippen molar-refractivity contribution in [1.29, 1.82) is 0 Å². The van der Waals surface area contributed by atoms with Gasteiger partial charge in [-0.05, 0) is 67.3 Å². The Morgan fingerprint density at radius 2 is 1.89 bits per heavy atom. The number of halogens is 4. The summed E-state index contributed by atoms with van der Waals surface area (Å²) in [6.45, 7) is 1.62. The van der Waals surface area contributed by atoms with Crippen molar-refractivity contribution in [3.63, 3.8) is 0 Å². The van der Waals surface area contributed by atoms with E-state index >= 15 is 0 Å². The highest BCUT2D eigenvalue weighted by Crippen LogP contribution is 2.54. The Bertz CT molecular complexity index is 1400. The lowest BCUT2D eigenvalue weighted by Crippen LogP contribution is -2.34. The molecule has 3 unspecified atom stereocenters. The maximum Gasteiger partial charge on any atom is 0.433 e. The molecule has 3 aromatic rings. The molecule has 2 heterocycles. The average Bonchev–Trinajstić information content (AvgIpc) is 3.61. The van der Waals surface area contributed by atoms with Crippen LogP contribution >= 0.6 is 0 Å². The average molecular weight is 531 g/mol. The monoisotopic (exact) mass is 530 g/mol. The number of methoxy groups -OCH3 is 2. The summed E-state index contributed by atoms with van der Waals surface area (Å²) in [6, 6.07) is 10.7. The molecule has 1 fully saturated rings. The number of aromatic amines is 1. The Hall–Kier alpha value is -3.66. The molecular weight excluding hydrogens is 504 g/mol. The molecule has 1 spiro atoms. The number of H-pyrrole nitrogens is 1. The Morgan fingerprint density at radius 3 is 2.55 bits per heavy atom. The maximum atomic E-state index is 13.7. The molecule has 1 saturated carbocycles. The van der Waals surface area contributed by atoms with Gasteiger partial charge in [-0.25, -0.2) is 9.37 Å². The van der Waals surface area contributed by atoms with Crippen molar-refractivity contribution in [2.45, 2.75) is 37.5 Å². The van der Waals surface area contributed by atoms with Crippen LogP contribution in [-0.2, 0) is 20.4 Å². The minimum absolute atomic E-state index is 0.147.